The molecular formula is C9H8N3S2. The summed E-state index contributed by atoms with van der Waals surface area (Å²) in [5, 5.41) is 4.42. The SMILES string of the molecule is Nc1nc([S])ncc1Cc1ccsc1. The molecule has 0 amide bonds. The number of nitrogens with two attached hydrogens (primary N) is 1. The van der Waals surface area contributed by atoms with Crippen molar-refractivity contribution in [3.63, 3.8) is 0 Å². The Morgan fingerprint density at radius 1 is 1.50 bits per heavy atom. The lowest BCUT2D eigenvalue weighted by Gasteiger charge is -2.02. The van der Waals surface area contributed by atoms with Crippen LogP contribution in [0.25, 0.3) is 0 Å². The van der Waals surface area contributed by atoms with Crippen LogP contribution in [-0.2, 0) is 6.42 Å². The number of nitrogens with zero attached hydrogens (tertiary/aromatic N) is 2. The van der Waals surface area contributed by atoms with Crippen LogP contribution in [0.2, 0.25) is 0 Å². The molecule has 14 heavy (non-hydrogen) atoms. The second kappa shape index (κ2) is 3.89. The number of aromatic nitrogens is 2. The van der Waals surface area contributed by atoms with Crippen molar-refractivity contribution < 1.29 is 0 Å². The second-order valence-electron chi connectivity index (χ2n) is 2.87. The Morgan fingerprint density at radius 2 is 2.36 bits per heavy atom. The van der Waals surface area contributed by atoms with Gasteiger partial charge in [-0.15, -0.1) is 0 Å². The van der Waals surface area contributed by atoms with Crippen LogP contribution in [0.4, 0.5) is 5.82 Å². The molecule has 0 unspecified atom stereocenters. The first kappa shape index (κ1) is 9.36. The van der Waals surface area contributed by atoms with E-state index >= 15 is 0 Å². The van der Waals surface area contributed by atoms with Gasteiger partial charge in [0.15, 0.2) is 0 Å². The first-order chi connectivity index (χ1) is 6.75. The molecular weight excluding hydrogens is 214 g/mol. The van der Waals surface area contributed by atoms with Crippen molar-refractivity contribution in [1.29, 1.82) is 0 Å². The van der Waals surface area contributed by atoms with Gasteiger partial charge in [-0.3, -0.25) is 0 Å². The van der Waals surface area contributed by atoms with Gasteiger partial charge in [-0.1, -0.05) is 0 Å². The lowest BCUT2D eigenvalue weighted by molar-refractivity contribution is 0.951. The molecule has 3 nitrogen and oxygen atoms in total. The number of rotatable bonds is 2. The Morgan fingerprint density at radius 3 is 3.00 bits per heavy atom. The second-order valence-corrected chi connectivity index (χ2v) is 4.02. The number of thiophene rings is 1. The summed E-state index contributed by atoms with van der Waals surface area (Å²) in [7, 11) is 0. The normalized spacial score (nSPS) is 10.3. The highest BCUT2D eigenvalue weighted by Crippen LogP contribution is 2.16. The van der Waals surface area contributed by atoms with E-state index in [-0.39, 0.29) is 0 Å². The monoisotopic (exact) mass is 222 g/mol. The molecule has 71 valence electrons. The van der Waals surface area contributed by atoms with Crippen molar-refractivity contribution in [2.45, 2.75) is 11.6 Å². The molecule has 2 N–H and O–H groups in total. The fraction of sp³-hybridized carbons (Fsp3) is 0.111. The molecule has 0 atom stereocenters. The Balaban J connectivity index is 2.25. The molecule has 0 fully saturated rings. The van der Waals surface area contributed by atoms with Crippen LogP contribution in [0.1, 0.15) is 11.1 Å². The molecule has 0 spiro atoms. The summed E-state index contributed by atoms with van der Waals surface area (Å²) in [6.45, 7) is 0. The summed E-state index contributed by atoms with van der Waals surface area (Å²) in [5.41, 5.74) is 7.88. The third-order valence-electron chi connectivity index (χ3n) is 1.85. The van der Waals surface area contributed by atoms with E-state index in [0.29, 0.717) is 11.0 Å². The highest BCUT2D eigenvalue weighted by molar-refractivity contribution is 7.80. The van der Waals surface area contributed by atoms with Gasteiger partial charge in [0, 0.05) is 18.2 Å². The van der Waals surface area contributed by atoms with Gasteiger partial charge in [-0.25, -0.2) is 9.97 Å². The van der Waals surface area contributed by atoms with Gasteiger partial charge < -0.3 is 5.73 Å². The molecule has 2 rings (SSSR count). The predicted molar refractivity (Wildman–Crippen MR) is 59.4 cm³/mol. The van der Waals surface area contributed by atoms with E-state index in [1.807, 2.05) is 5.38 Å². The Hall–Kier alpha value is -1.20. The van der Waals surface area contributed by atoms with Gasteiger partial charge in [0.1, 0.15) is 5.82 Å². The van der Waals surface area contributed by atoms with E-state index in [9.17, 15) is 0 Å². The van der Waals surface area contributed by atoms with Crippen molar-refractivity contribution >= 4 is 29.8 Å². The average molecular weight is 222 g/mol. The zero-order chi connectivity index (χ0) is 9.97. The number of hydrogen-bond acceptors (Lipinski definition) is 4. The van der Waals surface area contributed by atoms with E-state index in [0.717, 1.165) is 12.0 Å². The number of nitrogen functional groups attached to an aromatic ring is 1. The molecule has 0 bridgehead atoms. The maximum absolute atomic E-state index is 5.72. The molecule has 0 aliphatic heterocycles. The zero-order valence-corrected chi connectivity index (χ0v) is 8.94. The van der Waals surface area contributed by atoms with Gasteiger partial charge >= 0.3 is 0 Å². The van der Waals surface area contributed by atoms with Gasteiger partial charge in [-0.05, 0) is 35.0 Å². The molecule has 2 heterocycles. The average Bonchev–Trinajstić information content (AvgIpc) is 2.62. The quantitative estimate of drug-likeness (QED) is 0.793. The van der Waals surface area contributed by atoms with Crippen molar-refractivity contribution in [3.05, 3.63) is 34.2 Å². The first-order valence-corrected chi connectivity index (χ1v) is 5.40. The Labute approximate surface area is 91.4 Å². The lowest BCUT2D eigenvalue weighted by Crippen LogP contribution is -2.00. The molecule has 2 aromatic heterocycles. The van der Waals surface area contributed by atoms with E-state index in [1.54, 1.807) is 17.5 Å². The van der Waals surface area contributed by atoms with E-state index < -0.39 is 0 Å². The molecule has 2 aromatic rings. The standard InChI is InChI=1S/C9H8N3S2/c10-8-7(4-11-9(13)12-8)3-6-1-2-14-5-6/h1-2,4-5H,3H2,(H2,10,11,12). The van der Waals surface area contributed by atoms with Crippen LogP contribution in [0.3, 0.4) is 0 Å². The topological polar surface area (TPSA) is 51.8 Å². The minimum atomic E-state index is 0.302. The molecule has 0 saturated carbocycles. The van der Waals surface area contributed by atoms with Crippen LogP contribution < -0.4 is 5.73 Å². The summed E-state index contributed by atoms with van der Waals surface area (Å²) in [6, 6.07) is 2.06. The third-order valence-corrected chi connectivity index (χ3v) is 2.78. The zero-order valence-electron chi connectivity index (χ0n) is 7.30. The Bertz CT molecular complexity index is 426. The molecule has 0 aromatic carbocycles. The fourth-order valence-corrected chi connectivity index (χ4v) is 1.97. The summed E-state index contributed by atoms with van der Waals surface area (Å²) in [5.74, 6) is 0.483. The third kappa shape index (κ3) is 2.00. The molecule has 5 heteroatoms. The van der Waals surface area contributed by atoms with Crippen LogP contribution in [0.15, 0.2) is 28.2 Å². The predicted octanol–water partition coefficient (Wildman–Crippen LogP) is 2.27. The van der Waals surface area contributed by atoms with Crippen LogP contribution in [0.5, 0.6) is 0 Å². The Kier molecular flexibility index (Phi) is 2.60. The van der Waals surface area contributed by atoms with Gasteiger partial charge in [0.2, 0.25) is 5.16 Å². The first-order valence-electron chi connectivity index (χ1n) is 4.05. The van der Waals surface area contributed by atoms with Crippen LogP contribution >= 0.6 is 24.0 Å². The van der Waals surface area contributed by atoms with Crippen molar-refractivity contribution in [2.24, 2.45) is 0 Å². The maximum Gasteiger partial charge on any atom is 0.221 e. The molecule has 0 aliphatic carbocycles. The smallest absolute Gasteiger partial charge is 0.221 e. The molecule has 1 radical (unpaired) electrons. The molecule has 0 saturated heterocycles. The molecule has 0 aliphatic rings. The van der Waals surface area contributed by atoms with Crippen molar-refractivity contribution in [1.82, 2.24) is 9.97 Å². The van der Waals surface area contributed by atoms with E-state index in [4.69, 9.17) is 18.4 Å². The number of anilines is 1. The summed E-state index contributed by atoms with van der Waals surface area (Å²) in [4.78, 5) is 7.89. The summed E-state index contributed by atoms with van der Waals surface area (Å²) < 4.78 is 0. The largest absolute Gasteiger partial charge is 0.383 e. The fourth-order valence-electron chi connectivity index (χ4n) is 1.15. The van der Waals surface area contributed by atoms with E-state index in [2.05, 4.69) is 21.4 Å². The van der Waals surface area contributed by atoms with Crippen molar-refractivity contribution in [3.8, 4) is 0 Å². The van der Waals surface area contributed by atoms with Crippen LogP contribution in [-0.4, -0.2) is 9.97 Å². The van der Waals surface area contributed by atoms with E-state index in [1.165, 1.54) is 5.56 Å². The highest BCUT2D eigenvalue weighted by Gasteiger charge is 2.03. The number of hydrogen-bond donors (Lipinski definition) is 1. The van der Waals surface area contributed by atoms with Crippen molar-refractivity contribution in [2.75, 3.05) is 5.73 Å². The lowest BCUT2D eigenvalue weighted by atomic mass is 10.1. The minimum Gasteiger partial charge on any atom is -0.383 e. The highest BCUT2D eigenvalue weighted by atomic mass is 32.1. The van der Waals surface area contributed by atoms with Gasteiger partial charge in [0.25, 0.3) is 0 Å². The van der Waals surface area contributed by atoms with Gasteiger partial charge in [0.05, 0.1) is 0 Å². The van der Waals surface area contributed by atoms with Crippen LogP contribution in [0, 0.1) is 0 Å². The minimum absolute atomic E-state index is 0.302. The maximum atomic E-state index is 5.72. The summed E-state index contributed by atoms with van der Waals surface area (Å²) in [6.07, 6.45) is 2.47. The summed E-state index contributed by atoms with van der Waals surface area (Å²) >= 11 is 6.47. The van der Waals surface area contributed by atoms with Gasteiger partial charge in [-0.2, -0.15) is 11.3 Å².